The van der Waals surface area contributed by atoms with Crippen LogP contribution < -0.4 is 10.2 Å². The van der Waals surface area contributed by atoms with Crippen molar-refractivity contribution in [2.24, 2.45) is 0 Å². The first kappa shape index (κ1) is 11.4. The summed E-state index contributed by atoms with van der Waals surface area (Å²) in [5.74, 6) is -0.782. The summed E-state index contributed by atoms with van der Waals surface area (Å²) in [6.07, 6.45) is 0. The lowest BCUT2D eigenvalue weighted by Gasteiger charge is -2.35. The van der Waals surface area contributed by atoms with Gasteiger partial charge in [-0.15, -0.1) is 0 Å². The van der Waals surface area contributed by atoms with E-state index in [0.717, 1.165) is 23.2 Å². The summed E-state index contributed by atoms with van der Waals surface area (Å²) >= 11 is 3.37. The van der Waals surface area contributed by atoms with E-state index < -0.39 is 12.0 Å². The third kappa shape index (κ3) is 2.36. The highest BCUT2D eigenvalue weighted by atomic mass is 79.9. The van der Waals surface area contributed by atoms with Gasteiger partial charge in [0.15, 0.2) is 0 Å². The molecule has 0 spiro atoms. The van der Waals surface area contributed by atoms with E-state index in [2.05, 4.69) is 21.2 Å². The van der Waals surface area contributed by atoms with Crippen molar-refractivity contribution in [2.75, 3.05) is 24.5 Å². The smallest absolute Gasteiger partial charge is 0.327 e. The molecule has 0 saturated carbocycles. The van der Waals surface area contributed by atoms with Gasteiger partial charge in [0.1, 0.15) is 6.04 Å². The highest BCUT2D eigenvalue weighted by Crippen LogP contribution is 2.21. The molecule has 2 rings (SSSR count). The van der Waals surface area contributed by atoms with E-state index in [1.165, 1.54) is 0 Å². The Labute approximate surface area is 102 Å². The van der Waals surface area contributed by atoms with E-state index >= 15 is 0 Å². The normalized spacial score (nSPS) is 20.8. The van der Waals surface area contributed by atoms with E-state index in [4.69, 9.17) is 5.11 Å². The minimum Gasteiger partial charge on any atom is -0.480 e. The Balaban J connectivity index is 2.23. The third-order valence-corrected chi connectivity index (χ3v) is 3.22. The van der Waals surface area contributed by atoms with Gasteiger partial charge in [-0.2, -0.15) is 0 Å². The average molecular weight is 285 g/mol. The van der Waals surface area contributed by atoms with Crippen LogP contribution in [0.15, 0.2) is 28.7 Å². The number of nitrogens with zero attached hydrogens (tertiary/aromatic N) is 1. The third-order valence-electron chi connectivity index (χ3n) is 2.69. The van der Waals surface area contributed by atoms with Crippen molar-refractivity contribution in [3.63, 3.8) is 0 Å². The van der Waals surface area contributed by atoms with Gasteiger partial charge in [-0.25, -0.2) is 4.79 Å². The Kier molecular flexibility index (Phi) is 3.46. The second-order valence-corrected chi connectivity index (χ2v) is 4.64. The van der Waals surface area contributed by atoms with Gasteiger partial charge < -0.3 is 15.3 Å². The van der Waals surface area contributed by atoms with E-state index in [0.29, 0.717) is 6.54 Å². The molecular formula is C11H13BrN2O2. The molecular weight excluding hydrogens is 272 g/mol. The molecule has 0 radical (unpaired) electrons. The molecule has 0 aliphatic carbocycles. The maximum absolute atomic E-state index is 11.1. The second kappa shape index (κ2) is 4.84. The van der Waals surface area contributed by atoms with Crippen molar-refractivity contribution in [3.05, 3.63) is 28.7 Å². The number of aliphatic carboxylic acids is 1. The molecule has 4 nitrogen and oxygen atoms in total. The Bertz CT molecular complexity index is 380. The zero-order valence-electron chi connectivity index (χ0n) is 8.69. The van der Waals surface area contributed by atoms with Crippen LogP contribution in [-0.2, 0) is 4.79 Å². The van der Waals surface area contributed by atoms with Crippen LogP contribution in [0.25, 0.3) is 0 Å². The molecule has 1 unspecified atom stereocenters. The molecule has 1 aromatic carbocycles. The van der Waals surface area contributed by atoms with Gasteiger partial charge in [-0.1, -0.05) is 15.9 Å². The van der Waals surface area contributed by atoms with Crippen LogP contribution in [0.3, 0.4) is 0 Å². The number of carbonyl (C=O) groups is 1. The van der Waals surface area contributed by atoms with Gasteiger partial charge in [0.05, 0.1) is 0 Å². The minimum absolute atomic E-state index is 0.477. The van der Waals surface area contributed by atoms with Gasteiger partial charge in [-0.05, 0) is 24.3 Å². The highest BCUT2D eigenvalue weighted by Gasteiger charge is 2.28. The lowest BCUT2D eigenvalue weighted by atomic mass is 10.1. The summed E-state index contributed by atoms with van der Waals surface area (Å²) in [4.78, 5) is 13.0. The highest BCUT2D eigenvalue weighted by molar-refractivity contribution is 9.10. The van der Waals surface area contributed by atoms with Gasteiger partial charge in [0.25, 0.3) is 0 Å². The number of piperazine rings is 1. The zero-order chi connectivity index (χ0) is 11.5. The van der Waals surface area contributed by atoms with E-state index in [9.17, 15) is 4.79 Å². The Hall–Kier alpha value is -1.07. The first-order valence-electron chi connectivity index (χ1n) is 5.14. The number of benzene rings is 1. The first-order valence-corrected chi connectivity index (χ1v) is 5.93. The van der Waals surface area contributed by atoms with Crippen molar-refractivity contribution in [1.29, 1.82) is 0 Å². The maximum Gasteiger partial charge on any atom is 0.327 e. The van der Waals surface area contributed by atoms with Gasteiger partial charge >= 0.3 is 5.97 Å². The summed E-state index contributed by atoms with van der Waals surface area (Å²) in [6.45, 7) is 2.03. The monoisotopic (exact) mass is 284 g/mol. The lowest BCUT2D eigenvalue weighted by Crippen LogP contribution is -2.55. The molecule has 0 bridgehead atoms. The SMILES string of the molecule is O=C(O)C1CNCCN1c1ccc(Br)cc1. The maximum atomic E-state index is 11.1. The summed E-state index contributed by atoms with van der Waals surface area (Å²) in [5, 5.41) is 12.2. The average Bonchev–Trinajstić information content (AvgIpc) is 2.30. The summed E-state index contributed by atoms with van der Waals surface area (Å²) in [5.41, 5.74) is 0.956. The van der Waals surface area contributed by atoms with Crippen LogP contribution in [-0.4, -0.2) is 36.8 Å². The molecule has 86 valence electrons. The van der Waals surface area contributed by atoms with Gasteiger partial charge in [-0.3, -0.25) is 0 Å². The summed E-state index contributed by atoms with van der Waals surface area (Å²) in [6, 6.07) is 7.25. The molecule has 1 aliphatic rings. The number of rotatable bonds is 2. The number of halogens is 1. The molecule has 1 aromatic rings. The molecule has 1 fully saturated rings. The Morgan fingerprint density at radius 1 is 1.44 bits per heavy atom. The van der Waals surface area contributed by atoms with E-state index in [1.54, 1.807) is 0 Å². The number of anilines is 1. The number of carboxylic acids is 1. The standard InChI is InChI=1S/C11H13BrN2O2/c12-8-1-3-9(4-2-8)14-6-5-13-7-10(14)11(15)16/h1-4,10,13H,5-7H2,(H,15,16). The number of hydrogen-bond donors (Lipinski definition) is 2. The summed E-state index contributed by atoms with van der Waals surface area (Å²) in [7, 11) is 0. The van der Waals surface area contributed by atoms with Crippen LogP contribution in [0.5, 0.6) is 0 Å². The predicted molar refractivity (Wildman–Crippen MR) is 65.8 cm³/mol. The van der Waals surface area contributed by atoms with Crippen LogP contribution in [0.4, 0.5) is 5.69 Å². The Morgan fingerprint density at radius 2 is 2.12 bits per heavy atom. The second-order valence-electron chi connectivity index (χ2n) is 3.73. The minimum atomic E-state index is -0.782. The van der Waals surface area contributed by atoms with Crippen molar-refractivity contribution in [2.45, 2.75) is 6.04 Å². The number of nitrogens with one attached hydrogen (secondary N) is 1. The molecule has 0 aromatic heterocycles. The Morgan fingerprint density at radius 3 is 2.75 bits per heavy atom. The van der Waals surface area contributed by atoms with Gasteiger partial charge in [0.2, 0.25) is 0 Å². The largest absolute Gasteiger partial charge is 0.480 e. The molecule has 16 heavy (non-hydrogen) atoms. The van der Waals surface area contributed by atoms with Crippen LogP contribution in [0.1, 0.15) is 0 Å². The van der Waals surface area contributed by atoms with Crippen molar-refractivity contribution >= 4 is 27.6 Å². The number of carboxylic acid groups (broad SMARTS) is 1. The van der Waals surface area contributed by atoms with Crippen LogP contribution in [0.2, 0.25) is 0 Å². The molecule has 1 atom stereocenters. The summed E-state index contributed by atoms with van der Waals surface area (Å²) < 4.78 is 0.998. The van der Waals surface area contributed by atoms with Crippen molar-refractivity contribution in [3.8, 4) is 0 Å². The van der Waals surface area contributed by atoms with Gasteiger partial charge in [0, 0.05) is 29.8 Å². The fraction of sp³-hybridized carbons (Fsp3) is 0.364. The molecule has 2 N–H and O–H groups in total. The first-order chi connectivity index (χ1) is 7.68. The van der Waals surface area contributed by atoms with E-state index in [1.807, 2.05) is 29.2 Å². The topological polar surface area (TPSA) is 52.6 Å². The fourth-order valence-corrected chi connectivity index (χ4v) is 2.13. The lowest BCUT2D eigenvalue weighted by molar-refractivity contribution is -0.138. The van der Waals surface area contributed by atoms with Crippen LogP contribution in [0, 0.1) is 0 Å². The van der Waals surface area contributed by atoms with Crippen LogP contribution >= 0.6 is 15.9 Å². The quantitative estimate of drug-likeness (QED) is 0.860. The van der Waals surface area contributed by atoms with Crippen molar-refractivity contribution < 1.29 is 9.90 Å². The van der Waals surface area contributed by atoms with E-state index in [-0.39, 0.29) is 0 Å². The number of hydrogen-bond acceptors (Lipinski definition) is 3. The molecule has 0 amide bonds. The molecule has 1 aliphatic heterocycles. The molecule has 1 heterocycles. The molecule has 1 saturated heterocycles. The zero-order valence-corrected chi connectivity index (χ0v) is 10.3. The predicted octanol–water partition coefficient (Wildman–Crippen LogP) is 1.31. The van der Waals surface area contributed by atoms with Crippen molar-refractivity contribution in [1.82, 2.24) is 5.32 Å². The molecule has 5 heteroatoms. The fourth-order valence-electron chi connectivity index (χ4n) is 1.87.